The molecule has 8 nitrogen and oxygen atoms in total. The summed E-state index contributed by atoms with van der Waals surface area (Å²) >= 11 is 0. The van der Waals surface area contributed by atoms with Crippen LogP contribution in [0.25, 0.3) is 0 Å². The van der Waals surface area contributed by atoms with Crippen LogP contribution in [0.2, 0.25) is 0 Å². The van der Waals surface area contributed by atoms with Crippen LogP contribution in [0.5, 0.6) is 0 Å². The SMILES string of the molecule is CCC(NC1CCOCC1)C(CNc1nc(C)c(C)cc1C(=O)NC(C)N)OC. The average molecular weight is 408 g/mol. The van der Waals surface area contributed by atoms with E-state index in [2.05, 4.69) is 27.9 Å². The molecule has 1 fully saturated rings. The van der Waals surface area contributed by atoms with Crippen molar-refractivity contribution in [1.82, 2.24) is 15.6 Å². The van der Waals surface area contributed by atoms with Gasteiger partial charge in [0.2, 0.25) is 0 Å². The van der Waals surface area contributed by atoms with Gasteiger partial charge in [-0.2, -0.15) is 0 Å². The van der Waals surface area contributed by atoms with Gasteiger partial charge in [0.05, 0.1) is 17.8 Å². The highest BCUT2D eigenvalue weighted by molar-refractivity contribution is 5.99. The van der Waals surface area contributed by atoms with Gasteiger partial charge in [-0.3, -0.25) is 4.79 Å². The lowest BCUT2D eigenvalue weighted by Crippen LogP contribution is -2.50. The molecule has 164 valence electrons. The van der Waals surface area contributed by atoms with Crippen molar-refractivity contribution in [3.8, 4) is 0 Å². The summed E-state index contributed by atoms with van der Waals surface area (Å²) in [7, 11) is 1.72. The van der Waals surface area contributed by atoms with Crippen LogP contribution in [-0.2, 0) is 9.47 Å². The summed E-state index contributed by atoms with van der Waals surface area (Å²) in [5.74, 6) is 0.314. The second-order valence-corrected chi connectivity index (χ2v) is 7.77. The Morgan fingerprint density at radius 3 is 2.66 bits per heavy atom. The number of carbonyl (C=O) groups is 1. The van der Waals surface area contributed by atoms with Gasteiger partial charge in [0, 0.05) is 44.6 Å². The van der Waals surface area contributed by atoms with Gasteiger partial charge in [-0.25, -0.2) is 4.98 Å². The number of ether oxygens (including phenoxy) is 2. The van der Waals surface area contributed by atoms with Gasteiger partial charge in [-0.15, -0.1) is 0 Å². The van der Waals surface area contributed by atoms with Gasteiger partial charge >= 0.3 is 0 Å². The zero-order valence-corrected chi connectivity index (χ0v) is 18.4. The molecule has 5 N–H and O–H groups in total. The maximum absolute atomic E-state index is 12.6. The number of methoxy groups -OCH3 is 1. The zero-order valence-electron chi connectivity index (χ0n) is 18.4. The second kappa shape index (κ2) is 11.4. The second-order valence-electron chi connectivity index (χ2n) is 7.77. The number of nitrogens with zero attached hydrogens (tertiary/aromatic N) is 1. The first kappa shape index (κ1) is 23.5. The largest absolute Gasteiger partial charge is 0.381 e. The maximum atomic E-state index is 12.6. The summed E-state index contributed by atoms with van der Waals surface area (Å²) < 4.78 is 11.2. The van der Waals surface area contributed by atoms with Crippen LogP contribution in [0.1, 0.15) is 54.7 Å². The molecule has 3 atom stereocenters. The molecule has 0 radical (unpaired) electrons. The van der Waals surface area contributed by atoms with Crippen molar-refractivity contribution in [1.29, 1.82) is 0 Å². The van der Waals surface area contributed by atoms with E-state index in [1.54, 1.807) is 14.0 Å². The summed E-state index contributed by atoms with van der Waals surface area (Å²) in [5, 5.41) is 9.79. The fourth-order valence-electron chi connectivity index (χ4n) is 3.54. The summed E-state index contributed by atoms with van der Waals surface area (Å²) in [6.07, 6.45) is 2.48. The van der Waals surface area contributed by atoms with E-state index in [1.165, 1.54) is 0 Å². The van der Waals surface area contributed by atoms with Crippen molar-refractivity contribution < 1.29 is 14.3 Å². The van der Waals surface area contributed by atoms with Gasteiger partial charge in [-0.1, -0.05) is 6.92 Å². The Morgan fingerprint density at radius 1 is 1.38 bits per heavy atom. The molecule has 2 heterocycles. The van der Waals surface area contributed by atoms with Crippen molar-refractivity contribution >= 4 is 11.7 Å². The predicted octanol–water partition coefficient (Wildman–Crippen LogP) is 1.71. The van der Waals surface area contributed by atoms with Crippen molar-refractivity contribution in [2.24, 2.45) is 5.73 Å². The van der Waals surface area contributed by atoms with E-state index >= 15 is 0 Å². The van der Waals surface area contributed by atoms with Crippen LogP contribution in [-0.4, -0.2) is 62.1 Å². The average Bonchev–Trinajstić information content (AvgIpc) is 2.69. The summed E-state index contributed by atoms with van der Waals surface area (Å²) in [6, 6.07) is 2.49. The molecule has 0 aromatic carbocycles. The molecule has 8 heteroatoms. The molecule has 1 aromatic rings. The number of amides is 1. The van der Waals surface area contributed by atoms with E-state index in [0.29, 0.717) is 24.0 Å². The number of carbonyl (C=O) groups excluding carboxylic acids is 1. The lowest BCUT2D eigenvalue weighted by molar-refractivity contribution is 0.0462. The number of hydrogen-bond donors (Lipinski definition) is 4. The minimum Gasteiger partial charge on any atom is -0.381 e. The maximum Gasteiger partial charge on any atom is 0.256 e. The fourth-order valence-corrected chi connectivity index (χ4v) is 3.54. The number of aromatic nitrogens is 1. The molecule has 29 heavy (non-hydrogen) atoms. The molecule has 0 bridgehead atoms. The van der Waals surface area contributed by atoms with Crippen LogP contribution in [0.3, 0.4) is 0 Å². The third-order valence-electron chi connectivity index (χ3n) is 5.40. The van der Waals surface area contributed by atoms with Crippen LogP contribution in [0.15, 0.2) is 6.07 Å². The van der Waals surface area contributed by atoms with Gasteiger partial charge in [0.15, 0.2) is 0 Å². The summed E-state index contributed by atoms with van der Waals surface area (Å²) in [4.78, 5) is 17.2. The minimum absolute atomic E-state index is 0.0596. The minimum atomic E-state index is -0.433. The molecule has 1 saturated heterocycles. The molecule has 0 saturated carbocycles. The van der Waals surface area contributed by atoms with Gasteiger partial charge < -0.3 is 31.2 Å². The predicted molar refractivity (Wildman–Crippen MR) is 115 cm³/mol. The number of pyridine rings is 1. The van der Waals surface area contributed by atoms with Crippen molar-refractivity contribution in [3.63, 3.8) is 0 Å². The highest BCUT2D eigenvalue weighted by Crippen LogP contribution is 2.18. The van der Waals surface area contributed by atoms with Crippen LogP contribution in [0.4, 0.5) is 5.82 Å². The number of anilines is 1. The molecule has 3 unspecified atom stereocenters. The Balaban J connectivity index is 2.10. The number of aryl methyl sites for hydroxylation is 2. The third kappa shape index (κ3) is 6.92. The van der Waals surface area contributed by atoms with Crippen LogP contribution < -0.4 is 21.7 Å². The van der Waals surface area contributed by atoms with E-state index in [9.17, 15) is 4.79 Å². The lowest BCUT2D eigenvalue weighted by Gasteiger charge is -2.32. The highest BCUT2D eigenvalue weighted by atomic mass is 16.5. The first-order valence-corrected chi connectivity index (χ1v) is 10.5. The fraction of sp³-hybridized carbons (Fsp3) is 0.714. The quantitative estimate of drug-likeness (QED) is 0.437. The number of hydrogen-bond acceptors (Lipinski definition) is 7. The Hall–Kier alpha value is -1.74. The summed E-state index contributed by atoms with van der Waals surface area (Å²) in [5.41, 5.74) is 8.06. The summed E-state index contributed by atoms with van der Waals surface area (Å²) in [6.45, 7) is 9.90. The van der Waals surface area contributed by atoms with Gasteiger partial charge in [0.1, 0.15) is 5.82 Å². The van der Waals surface area contributed by atoms with E-state index in [1.807, 2.05) is 19.9 Å². The smallest absolute Gasteiger partial charge is 0.256 e. The molecular weight excluding hydrogens is 370 g/mol. The molecule has 1 aromatic heterocycles. The van der Waals surface area contributed by atoms with Gasteiger partial charge in [0.25, 0.3) is 5.91 Å². The molecule has 2 rings (SSSR count). The van der Waals surface area contributed by atoms with Crippen LogP contribution in [0, 0.1) is 13.8 Å². The highest BCUT2D eigenvalue weighted by Gasteiger charge is 2.25. The number of rotatable bonds is 10. The molecular formula is C21H37N5O3. The molecule has 1 amide bonds. The Bertz CT molecular complexity index is 662. The normalized spacial score (nSPS) is 18.1. The molecule has 1 aliphatic rings. The molecule has 0 spiro atoms. The Morgan fingerprint density at radius 2 is 2.07 bits per heavy atom. The Kier molecular flexibility index (Phi) is 9.29. The van der Waals surface area contributed by atoms with Crippen molar-refractivity contribution in [2.75, 3.05) is 32.2 Å². The van der Waals surface area contributed by atoms with Gasteiger partial charge in [-0.05, 0) is 51.7 Å². The standard InChI is InChI=1S/C21H37N5O3/c1-6-18(26-16-7-9-29-10-8-16)19(28-5)12-23-20-17(21(27)25-15(4)22)11-13(2)14(3)24-20/h11,15-16,18-19,26H,6-10,12,22H2,1-5H3,(H,23,24)(H,25,27). The Labute approximate surface area is 174 Å². The number of nitrogens with two attached hydrogens (primary N) is 1. The topological polar surface area (TPSA) is 111 Å². The van der Waals surface area contributed by atoms with E-state index in [0.717, 1.165) is 43.7 Å². The first-order chi connectivity index (χ1) is 13.8. The zero-order chi connectivity index (χ0) is 21.4. The van der Waals surface area contributed by atoms with E-state index < -0.39 is 6.17 Å². The van der Waals surface area contributed by atoms with Crippen LogP contribution >= 0.6 is 0 Å². The van der Waals surface area contributed by atoms with E-state index in [4.69, 9.17) is 15.2 Å². The van der Waals surface area contributed by atoms with Crippen molar-refractivity contribution in [3.05, 3.63) is 22.9 Å². The van der Waals surface area contributed by atoms with E-state index in [-0.39, 0.29) is 18.1 Å². The third-order valence-corrected chi connectivity index (χ3v) is 5.40. The monoisotopic (exact) mass is 407 g/mol. The first-order valence-electron chi connectivity index (χ1n) is 10.5. The molecule has 1 aliphatic heterocycles. The number of nitrogens with one attached hydrogen (secondary N) is 3. The van der Waals surface area contributed by atoms with Crippen molar-refractivity contribution in [2.45, 2.75) is 71.3 Å². The molecule has 0 aliphatic carbocycles. The lowest BCUT2D eigenvalue weighted by atomic mass is 10.0.